The largest absolute Gasteiger partial charge is 0.376 e. The minimum absolute atomic E-state index is 0.0152. The third kappa shape index (κ3) is 7.40. The van der Waals surface area contributed by atoms with Crippen LogP contribution in [0.15, 0.2) is 224 Å². The number of aryl methyl sites for hydroxylation is 1. The summed E-state index contributed by atoms with van der Waals surface area (Å²) in [5, 5.41) is 4.92. The summed E-state index contributed by atoms with van der Waals surface area (Å²) in [6, 6.07) is 85.4. The van der Waals surface area contributed by atoms with Crippen molar-refractivity contribution < 1.29 is 0 Å². The van der Waals surface area contributed by atoms with Gasteiger partial charge in [-0.3, -0.25) is 0 Å². The van der Waals surface area contributed by atoms with E-state index in [1.807, 2.05) is 0 Å². The van der Waals surface area contributed by atoms with Crippen LogP contribution in [0.3, 0.4) is 0 Å². The molecule has 0 amide bonds. The highest BCUT2D eigenvalue weighted by atomic mass is 15.2. The second-order valence-electron chi connectivity index (χ2n) is 24.6. The molecule has 0 unspecified atom stereocenters. The first kappa shape index (κ1) is 47.8. The first-order chi connectivity index (χ1) is 37.6. The zero-order valence-corrected chi connectivity index (χ0v) is 46.3. The van der Waals surface area contributed by atoms with E-state index in [9.17, 15) is 0 Å². The van der Waals surface area contributed by atoms with Gasteiger partial charge in [0.25, 0.3) is 0 Å². The average Bonchev–Trinajstić information content (AvgIpc) is 2.82. The van der Waals surface area contributed by atoms with Gasteiger partial charge in [0.05, 0.1) is 5.69 Å². The summed E-state index contributed by atoms with van der Waals surface area (Å²) in [6.45, 7) is 20.7. The number of nitrogens with zero attached hydrogens (tertiary/aromatic N) is 3. The second kappa shape index (κ2) is 17.5. The minimum atomic E-state index is -0.197. The lowest BCUT2D eigenvalue weighted by atomic mass is 9.43. The highest BCUT2D eigenvalue weighted by molar-refractivity contribution is 6.94. The number of hydrogen-bond donors (Lipinski definition) is 0. The Bertz CT molecular complexity index is 4160. The molecule has 1 aliphatic carbocycles. The molecule has 0 N–H and O–H groups in total. The number of anilines is 8. The van der Waals surface area contributed by atoms with Crippen molar-refractivity contribution in [2.75, 3.05) is 14.6 Å². The van der Waals surface area contributed by atoms with Crippen molar-refractivity contribution in [3.63, 3.8) is 0 Å². The Morgan fingerprint density at radius 3 is 1.69 bits per heavy atom. The van der Waals surface area contributed by atoms with Crippen LogP contribution in [-0.4, -0.2) is 6.85 Å². The lowest BCUT2D eigenvalue weighted by molar-refractivity contribution is 0.590. The normalized spacial score (nSPS) is 14.0. The van der Waals surface area contributed by atoms with Gasteiger partial charge in [0.1, 0.15) is 0 Å². The van der Waals surface area contributed by atoms with Crippen LogP contribution in [0.2, 0.25) is 0 Å². The van der Waals surface area contributed by atoms with Gasteiger partial charge in [-0.2, -0.15) is 0 Å². The van der Waals surface area contributed by atoms with E-state index >= 15 is 0 Å². The van der Waals surface area contributed by atoms with Gasteiger partial charge in [0.2, 0.25) is 0 Å². The van der Waals surface area contributed by atoms with Gasteiger partial charge >= 0.3 is 6.85 Å². The lowest BCUT2D eigenvalue weighted by Gasteiger charge is -2.47. The van der Waals surface area contributed by atoms with Crippen LogP contribution < -0.4 is 25.5 Å². The van der Waals surface area contributed by atoms with Gasteiger partial charge in [0.15, 0.2) is 0 Å². The van der Waals surface area contributed by atoms with Crippen LogP contribution >= 0.6 is 0 Å². The molecule has 0 radical (unpaired) electrons. The monoisotopic (exact) mass is 1010 g/mol. The standard InChI is InChI=1S/C74H64BN3/c1-47-43-50(48-19-11-10-12-20-48)28-42-67(47)77-68-46-56(76(54-33-29-52(30-34-54)72(2,3)4)55-35-31-53(32-36-55)73(5,6)7)38-41-66(68)75-69-63(44-51-22-14-16-24-59(51)71(69)77)62-39-27-49-21-13-15-23-58(49)70(62)78(75)57-37-40-61-60-25-17-18-26-64(60)74(8,9)65(61)45-57/h10-46H,1-9H3. The molecule has 0 saturated heterocycles. The van der Waals surface area contributed by atoms with Crippen molar-refractivity contribution in [2.45, 2.75) is 78.6 Å². The van der Waals surface area contributed by atoms with Crippen molar-refractivity contribution in [2.24, 2.45) is 0 Å². The molecule has 3 nitrogen and oxygen atoms in total. The molecule has 0 spiro atoms. The van der Waals surface area contributed by atoms with Gasteiger partial charge in [-0.25, -0.2) is 0 Å². The summed E-state index contributed by atoms with van der Waals surface area (Å²) in [5.41, 5.74) is 25.9. The van der Waals surface area contributed by atoms with E-state index in [4.69, 9.17) is 0 Å². The van der Waals surface area contributed by atoms with E-state index in [2.05, 4.69) is 301 Å². The van der Waals surface area contributed by atoms with Gasteiger partial charge in [-0.15, -0.1) is 0 Å². The Hall–Kier alpha value is -8.60. The Morgan fingerprint density at radius 1 is 0.423 bits per heavy atom. The number of benzene rings is 11. The molecule has 78 heavy (non-hydrogen) atoms. The number of rotatable bonds is 6. The molecule has 0 bridgehead atoms. The van der Waals surface area contributed by atoms with Crippen molar-refractivity contribution in [3.05, 3.63) is 252 Å². The quantitative estimate of drug-likeness (QED) is 0.154. The molecule has 0 saturated carbocycles. The van der Waals surface area contributed by atoms with E-state index < -0.39 is 0 Å². The van der Waals surface area contributed by atoms with Gasteiger partial charge < -0.3 is 14.6 Å². The Morgan fingerprint density at radius 2 is 1.01 bits per heavy atom. The van der Waals surface area contributed by atoms with E-state index in [-0.39, 0.29) is 23.1 Å². The van der Waals surface area contributed by atoms with E-state index in [1.54, 1.807) is 0 Å². The maximum atomic E-state index is 2.73. The number of fused-ring (bicyclic) bond motifs is 11. The summed E-state index contributed by atoms with van der Waals surface area (Å²) in [5.74, 6) is 0. The first-order valence-corrected chi connectivity index (χ1v) is 27.9. The zero-order valence-electron chi connectivity index (χ0n) is 46.3. The molecule has 11 aromatic carbocycles. The summed E-state index contributed by atoms with van der Waals surface area (Å²) < 4.78 is 0. The topological polar surface area (TPSA) is 9.72 Å². The summed E-state index contributed by atoms with van der Waals surface area (Å²) in [6.07, 6.45) is 0. The summed E-state index contributed by atoms with van der Waals surface area (Å²) in [4.78, 5) is 7.83. The fourth-order valence-corrected chi connectivity index (χ4v) is 13.3. The molecule has 2 aliphatic heterocycles. The molecule has 11 aromatic rings. The van der Waals surface area contributed by atoms with Crippen molar-refractivity contribution in [1.29, 1.82) is 0 Å². The van der Waals surface area contributed by atoms with Crippen LogP contribution in [0.4, 0.5) is 45.5 Å². The summed E-state index contributed by atoms with van der Waals surface area (Å²) in [7, 11) is 0. The van der Waals surface area contributed by atoms with Crippen LogP contribution in [0, 0.1) is 6.92 Å². The summed E-state index contributed by atoms with van der Waals surface area (Å²) >= 11 is 0. The first-order valence-electron chi connectivity index (χ1n) is 27.9. The second-order valence-corrected chi connectivity index (χ2v) is 24.6. The Balaban J connectivity index is 1.08. The average molecular weight is 1010 g/mol. The number of hydrogen-bond acceptors (Lipinski definition) is 3. The molecule has 0 atom stereocenters. The van der Waals surface area contributed by atoms with Crippen LogP contribution in [0.25, 0.3) is 54.9 Å². The maximum Gasteiger partial charge on any atom is 0.333 e. The zero-order chi connectivity index (χ0) is 53.4. The van der Waals surface area contributed by atoms with Gasteiger partial charge in [-0.05, 0) is 162 Å². The predicted molar refractivity (Wildman–Crippen MR) is 335 cm³/mol. The molecular weight excluding hydrogens is 942 g/mol. The molecule has 378 valence electrons. The van der Waals surface area contributed by atoms with Crippen molar-refractivity contribution >= 4 is 84.8 Å². The third-order valence-corrected chi connectivity index (χ3v) is 17.4. The van der Waals surface area contributed by atoms with Crippen LogP contribution in [0.1, 0.15) is 83.2 Å². The predicted octanol–water partition coefficient (Wildman–Crippen LogP) is 19.0. The fourth-order valence-electron chi connectivity index (χ4n) is 13.3. The van der Waals surface area contributed by atoms with Gasteiger partial charge in [-0.1, -0.05) is 213 Å². The fraction of sp³-hybridized carbons (Fsp3) is 0.162. The highest BCUT2D eigenvalue weighted by Crippen LogP contribution is 2.55. The van der Waals surface area contributed by atoms with Crippen molar-refractivity contribution in [3.8, 4) is 33.4 Å². The van der Waals surface area contributed by atoms with Crippen LogP contribution in [-0.2, 0) is 16.2 Å². The SMILES string of the molecule is Cc1cc(-c2ccccc2)ccc1N1c2cc(N(c3ccc(C(C)(C)C)cc3)c3ccc(C(C)(C)C)cc3)ccc2B2c3c(cc4ccccc4c31)-c1ccc3ccccc3c1N2c1ccc2c(c1)C(C)(C)c1ccccc1-2. The molecule has 3 aliphatic rings. The molecular formula is C74H64BN3. The molecule has 0 fully saturated rings. The minimum Gasteiger partial charge on any atom is -0.376 e. The van der Waals surface area contributed by atoms with E-state index in [0.717, 1.165) is 28.4 Å². The Kier molecular flexibility index (Phi) is 10.7. The van der Waals surface area contributed by atoms with Gasteiger partial charge in [0, 0.05) is 61.6 Å². The lowest BCUT2D eigenvalue weighted by Crippen LogP contribution is -2.61. The maximum absolute atomic E-state index is 2.73. The molecule has 14 rings (SSSR count). The molecule has 0 aromatic heterocycles. The highest BCUT2D eigenvalue weighted by Gasteiger charge is 2.47. The van der Waals surface area contributed by atoms with Crippen LogP contribution in [0.5, 0.6) is 0 Å². The van der Waals surface area contributed by atoms with E-state index in [1.165, 1.54) is 111 Å². The smallest absolute Gasteiger partial charge is 0.333 e. The van der Waals surface area contributed by atoms with Crippen molar-refractivity contribution in [1.82, 2.24) is 0 Å². The third-order valence-electron chi connectivity index (χ3n) is 17.4. The Labute approximate surface area is 461 Å². The molecule has 2 heterocycles. The van der Waals surface area contributed by atoms with E-state index in [0.29, 0.717) is 0 Å². The molecule has 4 heteroatoms.